The van der Waals surface area contributed by atoms with Crippen molar-refractivity contribution in [1.29, 1.82) is 0 Å². The van der Waals surface area contributed by atoms with Gasteiger partial charge in [-0.3, -0.25) is 0 Å². The second-order valence-corrected chi connectivity index (χ2v) is 4.53. The summed E-state index contributed by atoms with van der Waals surface area (Å²) >= 11 is 0. The standard InChI is InChI=1S/C10H24N2/c1-6-12(9(2)3)8-10(4,5)7-11/h9H,6-8,11H2,1-5H3. The Hall–Kier alpha value is -0.0800. The highest BCUT2D eigenvalue weighted by atomic mass is 15.1. The van der Waals surface area contributed by atoms with Crippen LogP contribution in [0.15, 0.2) is 0 Å². The van der Waals surface area contributed by atoms with Crippen LogP contribution in [-0.2, 0) is 0 Å². The van der Waals surface area contributed by atoms with Gasteiger partial charge in [0, 0.05) is 12.6 Å². The molecule has 0 saturated carbocycles. The topological polar surface area (TPSA) is 29.3 Å². The number of hydrogen-bond acceptors (Lipinski definition) is 2. The normalized spacial score (nSPS) is 13.0. The Balaban J connectivity index is 4.01. The zero-order chi connectivity index (χ0) is 9.78. The van der Waals surface area contributed by atoms with Gasteiger partial charge in [-0.1, -0.05) is 20.8 Å². The highest BCUT2D eigenvalue weighted by Gasteiger charge is 2.20. The molecule has 0 saturated heterocycles. The SMILES string of the molecule is CCN(CC(C)(C)CN)C(C)C. The summed E-state index contributed by atoms with van der Waals surface area (Å²) in [5.74, 6) is 0. The van der Waals surface area contributed by atoms with E-state index >= 15 is 0 Å². The maximum Gasteiger partial charge on any atom is 0.00473 e. The van der Waals surface area contributed by atoms with E-state index in [9.17, 15) is 0 Å². The average Bonchev–Trinajstić information content (AvgIpc) is 2.00. The van der Waals surface area contributed by atoms with Crippen LogP contribution < -0.4 is 5.73 Å². The fourth-order valence-corrected chi connectivity index (χ4v) is 1.27. The van der Waals surface area contributed by atoms with Crippen molar-refractivity contribution in [3.8, 4) is 0 Å². The molecule has 74 valence electrons. The summed E-state index contributed by atoms with van der Waals surface area (Å²) in [5, 5.41) is 0. The molecule has 0 amide bonds. The molecule has 0 bridgehead atoms. The van der Waals surface area contributed by atoms with Crippen LogP contribution in [0.4, 0.5) is 0 Å². The van der Waals surface area contributed by atoms with E-state index < -0.39 is 0 Å². The smallest absolute Gasteiger partial charge is 0.00473 e. The molecule has 0 aromatic rings. The molecule has 0 aliphatic carbocycles. The molecule has 0 aromatic heterocycles. The lowest BCUT2D eigenvalue weighted by Crippen LogP contribution is -2.41. The van der Waals surface area contributed by atoms with Gasteiger partial charge in [-0.15, -0.1) is 0 Å². The van der Waals surface area contributed by atoms with Crippen molar-refractivity contribution in [1.82, 2.24) is 4.90 Å². The first kappa shape index (κ1) is 11.9. The Morgan fingerprint density at radius 1 is 1.33 bits per heavy atom. The van der Waals surface area contributed by atoms with Crippen LogP contribution in [0.25, 0.3) is 0 Å². The van der Waals surface area contributed by atoms with Crippen molar-refractivity contribution in [3.05, 3.63) is 0 Å². The molecule has 0 atom stereocenters. The number of rotatable bonds is 5. The second-order valence-electron chi connectivity index (χ2n) is 4.53. The van der Waals surface area contributed by atoms with Crippen molar-refractivity contribution < 1.29 is 0 Å². The molecule has 0 unspecified atom stereocenters. The lowest BCUT2D eigenvalue weighted by Gasteiger charge is -2.33. The van der Waals surface area contributed by atoms with Crippen molar-refractivity contribution in [2.24, 2.45) is 11.1 Å². The van der Waals surface area contributed by atoms with Gasteiger partial charge in [-0.05, 0) is 32.4 Å². The van der Waals surface area contributed by atoms with Gasteiger partial charge in [0.05, 0.1) is 0 Å². The van der Waals surface area contributed by atoms with Crippen molar-refractivity contribution in [3.63, 3.8) is 0 Å². The van der Waals surface area contributed by atoms with Gasteiger partial charge in [-0.2, -0.15) is 0 Å². The maximum atomic E-state index is 5.68. The molecule has 2 N–H and O–H groups in total. The minimum Gasteiger partial charge on any atom is -0.330 e. The summed E-state index contributed by atoms with van der Waals surface area (Å²) in [5.41, 5.74) is 5.93. The summed E-state index contributed by atoms with van der Waals surface area (Å²) in [4.78, 5) is 2.45. The van der Waals surface area contributed by atoms with Crippen molar-refractivity contribution >= 4 is 0 Å². The Morgan fingerprint density at radius 2 is 1.83 bits per heavy atom. The van der Waals surface area contributed by atoms with Crippen LogP contribution in [-0.4, -0.2) is 30.6 Å². The lowest BCUT2D eigenvalue weighted by molar-refractivity contribution is 0.156. The number of hydrogen-bond donors (Lipinski definition) is 1. The molecular weight excluding hydrogens is 148 g/mol. The van der Waals surface area contributed by atoms with Gasteiger partial charge >= 0.3 is 0 Å². The fourth-order valence-electron chi connectivity index (χ4n) is 1.27. The molecule has 2 heteroatoms. The van der Waals surface area contributed by atoms with E-state index in [0.717, 1.165) is 19.6 Å². The van der Waals surface area contributed by atoms with E-state index in [1.165, 1.54) is 0 Å². The lowest BCUT2D eigenvalue weighted by atomic mass is 9.92. The van der Waals surface area contributed by atoms with E-state index in [0.29, 0.717) is 6.04 Å². The number of nitrogens with two attached hydrogens (primary N) is 1. The predicted octanol–water partition coefficient (Wildman–Crippen LogP) is 1.70. The Bertz CT molecular complexity index is 119. The second kappa shape index (κ2) is 4.83. The minimum atomic E-state index is 0.250. The van der Waals surface area contributed by atoms with Crippen LogP contribution in [0, 0.1) is 5.41 Å². The van der Waals surface area contributed by atoms with E-state index in [1.54, 1.807) is 0 Å². The molecule has 0 rings (SSSR count). The van der Waals surface area contributed by atoms with Gasteiger partial charge in [0.1, 0.15) is 0 Å². The Kier molecular flexibility index (Phi) is 4.80. The summed E-state index contributed by atoms with van der Waals surface area (Å²) in [6, 6.07) is 0.626. The van der Waals surface area contributed by atoms with Crippen LogP contribution in [0.3, 0.4) is 0 Å². The molecule has 0 spiro atoms. The molecule has 0 aliphatic rings. The zero-order valence-corrected chi connectivity index (χ0v) is 9.22. The first-order valence-corrected chi connectivity index (χ1v) is 4.87. The van der Waals surface area contributed by atoms with Crippen molar-refractivity contribution in [2.75, 3.05) is 19.6 Å². The van der Waals surface area contributed by atoms with E-state index in [-0.39, 0.29) is 5.41 Å². The third-order valence-electron chi connectivity index (χ3n) is 2.32. The summed E-state index contributed by atoms with van der Waals surface area (Å²) in [7, 11) is 0. The maximum absolute atomic E-state index is 5.68. The Labute approximate surface area is 77.1 Å². The van der Waals surface area contributed by atoms with E-state index in [1.807, 2.05) is 0 Å². The fraction of sp³-hybridized carbons (Fsp3) is 1.00. The van der Waals surface area contributed by atoms with Crippen LogP contribution in [0.5, 0.6) is 0 Å². The molecule has 0 aliphatic heterocycles. The summed E-state index contributed by atoms with van der Waals surface area (Å²) in [6.45, 7) is 14.1. The largest absolute Gasteiger partial charge is 0.330 e. The minimum absolute atomic E-state index is 0.250. The van der Waals surface area contributed by atoms with Crippen LogP contribution >= 0.6 is 0 Å². The van der Waals surface area contributed by atoms with Gasteiger partial charge in [-0.25, -0.2) is 0 Å². The molecule has 0 aromatic carbocycles. The van der Waals surface area contributed by atoms with E-state index in [2.05, 4.69) is 39.5 Å². The molecule has 0 fully saturated rings. The van der Waals surface area contributed by atoms with Gasteiger partial charge in [0.15, 0.2) is 0 Å². The molecule has 0 radical (unpaired) electrons. The van der Waals surface area contributed by atoms with Crippen LogP contribution in [0.1, 0.15) is 34.6 Å². The first-order chi connectivity index (χ1) is 5.43. The third-order valence-corrected chi connectivity index (χ3v) is 2.32. The predicted molar refractivity (Wildman–Crippen MR) is 55.2 cm³/mol. The highest BCUT2D eigenvalue weighted by molar-refractivity contribution is 4.75. The molecule has 2 nitrogen and oxygen atoms in total. The average molecular weight is 172 g/mol. The molecule has 0 heterocycles. The highest BCUT2D eigenvalue weighted by Crippen LogP contribution is 2.16. The zero-order valence-electron chi connectivity index (χ0n) is 9.22. The third kappa shape index (κ3) is 4.07. The van der Waals surface area contributed by atoms with Gasteiger partial charge in [0.2, 0.25) is 0 Å². The van der Waals surface area contributed by atoms with Crippen LogP contribution in [0.2, 0.25) is 0 Å². The van der Waals surface area contributed by atoms with E-state index in [4.69, 9.17) is 5.73 Å². The van der Waals surface area contributed by atoms with Gasteiger partial charge in [0.25, 0.3) is 0 Å². The van der Waals surface area contributed by atoms with Crippen molar-refractivity contribution in [2.45, 2.75) is 40.7 Å². The number of nitrogens with zero attached hydrogens (tertiary/aromatic N) is 1. The summed E-state index contributed by atoms with van der Waals surface area (Å²) < 4.78 is 0. The first-order valence-electron chi connectivity index (χ1n) is 4.87. The summed E-state index contributed by atoms with van der Waals surface area (Å²) in [6.07, 6.45) is 0. The molecular formula is C10H24N2. The Morgan fingerprint density at radius 3 is 2.08 bits per heavy atom. The quantitative estimate of drug-likeness (QED) is 0.684. The monoisotopic (exact) mass is 172 g/mol. The molecule has 12 heavy (non-hydrogen) atoms. The van der Waals surface area contributed by atoms with Gasteiger partial charge < -0.3 is 10.6 Å².